The van der Waals surface area contributed by atoms with Crippen LogP contribution in [0.2, 0.25) is 0 Å². The second kappa shape index (κ2) is 25.1. The van der Waals surface area contributed by atoms with Gasteiger partial charge < -0.3 is 43.9 Å². The number of ketones is 3. The number of piperidine rings is 1. The fourth-order valence-corrected chi connectivity index (χ4v) is 10.1. The van der Waals surface area contributed by atoms with Crippen molar-refractivity contribution in [1.82, 2.24) is 4.90 Å². The molecule has 1 amide bonds. The number of allylic oxidation sites excluding steroid dienone is 6. The van der Waals surface area contributed by atoms with Crippen molar-refractivity contribution in [2.24, 2.45) is 35.5 Å². The predicted octanol–water partition coefficient (Wildman–Crippen LogP) is 6.18. The van der Waals surface area contributed by atoms with Crippen LogP contribution in [0.4, 0.5) is 0 Å². The maximum Gasteiger partial charge on any atom is 0.329 e. The standard InChI is InChI=1S/C51H79NO13/c1-30-16-12-11-13-17-31(2)42(61-8)28-38-21-19-36(7)51(60,65-38)48(57)49(58)52-23-15-14-18-39(52)50(59)64-43(33(4)26-37-20-22-40(53)44(27-37)62-9)29-41(54)32(3)25-35(6)46(56)47(63-10)45(55)34(5)24-30/h11-13,16-17,25,30,32-34,36-40,42-44,46-47,53,56,60H,14-15,18-24,26-29H2,1-10H3/b13-11+,16-12+,31-17+,35-25+/t30-,32?,33-,34-,36-,37+,38?,39+,40?,42+,43+,44-,46?,47?,51-/m1/s1. The summed E-state index contributed by atoms with van der Waals surface area (Å²) in [6.45, 7) is 12.7. The first-order valence-electron chi connectivity index (χ1n) is 23.9. The number of Topliss-reactive ketones (excluding diaryl/α,β-unsaturated/α-hetero) is 3. The highest BCUT2D eigenvalue weighted by Gasteiger charge is 2.53. The number of carbonyl (C=O) groups excluding carboxylic acids is 5. The van der Waals surface area contributed by atoms with Gasteiger partial charge in [0, 0.05) is 58.5 Å². The molecule has 1 saturated carbocycles. The van der Waals surface area contributed by atoms with E-state index in [1.165, 1.54) is 12.0 Å². The van der Waals surface area contributed by atoms with Crippen LogP contribution in [-0.2, 0) is 47.7 Å². The maximum atomic E-state index is 14.4. The number of methoxy groups -OCH3 is 3. The molecule has 3 heterocycles. The second-order valence-corrected chi connectivity index (χ2v) is 19.6. The van der Waals surface area contributed by atoms with Crippen LogP contribution in [0, 0.1) is 35.5 Å². The van der Waals surface area contributed by atoms with Crippen LogP contribution in [-0.4, -0.2) is 132 Å². The minimum absolute atomic E-state index is 0.0193. The Morgan fingerprint density at radius 2 is 1.57 bits per heavy atom. The molecule has 0 aromatic heterocycles. The summed E-state index contributed by atoms with van der Waals surface area (Å²) in [7, 11) is 4.52. The molecule has 14 nitrogen and oxygen atoms in total. The third kappa shape index (κ3) is 14.3. The van der Waals surface area contributed by atoms with Gasteiger partial charge in [-0.2, -0.15) is 0 Å². The molecule has 4 rings (SSSR count). The topological polar surface area (TPSA) is 195 Å². The van der Waals surface area contributed by atoms with Crippen LogP contribution < -0.4 is 0 Å². The molecule has 3 N–H and O–H groups in total. The van der Waals surface area contributed by atoms with Gasteiger partial charge >= 0.3 is 5.97 Å². The maximum absolute atomic E-state index is 14.4. The first-order valence-corrected chi connectivity index (χ1v) is 23.9. The van der Waals surface area contributed by atoms with E-state index in [0.29, 0.717) is 63.4 Å². The zero-order valence-electron chi connectivity index (χ0n) is 40.6. The summed E-state index contributed by atoms with van der Waals surface area (Å²) in [6.07, 6.45) is 11.2. The number of fused-ring (bicyclic) bond motifs is 3. The summed E-state index contributed by atoms with van der Waals surface area (Å²) in [4.78, 5) is 71.8. The quantitative estimate of drug-likeness (QED) is 0.156. The molecule has 2 saturated heterocycles. The summed E-state index contributed by atoms with van der Waals surface area (Å²) in [5.41, 5.74) is 1.27. The molecule has 3 aliphatic heterocycles. The molecule has 14 heteroatoms. The average molecular weight is 914 g/mol. The lowest BCUT2D eigenvalue weighted by Crippen LogP contribution is -2.61. The van der Waals surface area contributed by atoms with Gasteiger partial charge in [0.05, 0.1) is 24.4 Å². The lowest BCUT2D eigenvalue weighted by molar-refractivity contribution is -0.265. The third-order valence-corrected chi connectivity index (χ3v) is 14.5. The number of hydrogen-bond donors (Lipinski definition) is 3. The number of aliphatic hydroxyl groups is 3. The summed E-state index contributed by atoms with van der Waals surface area (Å²) in [6, 6.07) is -1.14. The van der Waals surface area contributed by atoms with Crippen molar-refractivity contribution in [3.8, 4) is 0 Å². The van der Waals surface area contributed by atoms with Crippen molar-refractivity contribution in [3.63, 3.8) is 0 Å². The summed E-state index contributed by atoms with van der Waals surface area (Å²) in [5.74, 6) is -7.96. The normalized spacial score (nSPS) is 40.4. The monoisotopic (exact) mass is 914 g/mol. The Morgan fingerprint density at radius 1 is 0.846 bits per heavy atom. The largest absolute Gasteiger partial charge is 0.460 e. The van der Waals surface area contributed by atoms with Gasteiger partial charge in [-0.25, -0.2) is 4.79 Å². The number of nitrogens with zero attached hydrogens (tertiary/aromatic N) is 1. The minimum atomic E-state index is -2.43. The van der Waals surface area contributed by atoms with Gasteiger partial charge in [-0.3, -0.25) is 19.2 Å². The first kappa shape index (κ1) is 54.2. The van der Waals surface area contributed by atoms with E-state index in [9.17, 15) is 39.3 Å². The fraction of sp³-hybridized carbons (Fsp3) is 0.745. The van der Waals surface area contributed by atoms with Crippen molar-refractivity contribution >= 4 is 29.2 Å². The molecule has 0 spiro atoms. The van der Waals surface area contributed by atoms with E-state index in [1.807, 2.05) is 58.1 Å². The van der Waals surface area contributed by atoms with Crippen molar-refractivity contribution in [3.05, 3.63) is 47.6 Å². The lowest BCUT2D eigenvalue weighted by Gasteiger charge is -2.42. The molecule has 0 radical (unpaired) electrons. The van der Waals surface area contributed by atoms with Crippen molar-refractivity contribution in [2.75, 3.05) is 27.9 Å². The molecule has 1 aliphatic carbocycles. The Kier molecular flexibility index (Phi) is 21.0. The molecule has 0 aromatic rings. The van der Waals surface area contributed by atoms with Crippen LogP contribution in [0.5, 0.6) is 0 Å². The van der Waals surface area contributed by atoms with Crippen molar-refractivity contribution < 1.29 is 63.0 Å². The SMILES string of the molecule is COC1C(=O)[C@H](C)C[C@H](C)/C=C/C=C/C=C(\C)[C@@H](OC)CC2CC[C@@H](C)[C@@](O)(O2)C(=O)C(=O)N2CCCC[C@H]2C(=O)O[C@H]([C@H](C)C[C@@H]2CCC(O)[C@H](OC)C2)CC(=O)C(C)/C=C(\C)C1O. The van der Waals surface area contributed by atoms with Gasteiger partial charge in [0.1, 0.15) is 30.1 Å². The number of aliphatic hydroxyl groups excluding tert-OH is 2. The number of ether oxygens (including phenoxy) is 5. The molecule has 2 bridgehead atoms. The van der Waals surface area contributed by atoms with Gasteiger partial charge in [0.25, 0.3) is 11.7 Å². The Bertz CT molecular complexity index is 1760. The fourth-order valence-electron chi connectivity index (χ4n) is 10.1. The van der Waals surface area contributed by atoms with Crippen molar-refractivity contribution in [1.29, 1.82) is 0 Å². The van der Waals surface area contributed by atoms with E-state index >= 15 is 0 Å². The van der Waals surface area contributed by atoms with Gasteiger partial charge in [0.2, 0.25) is 5.79 Å². The Morgan fingerprint density at radius 3 is 2.25 bits per heavy atom. The van der Waals surface area contributed by atoms with Crippen LogP contribution >= 0.6 is 0 Å². The lowest BCUT2D eigenvalue weighted by atomic mass is 9.78. The molecule has 5 unspecified atom stereocenters. The van der Waals surface area contributed by atoms with Gasteiger partial charge in [-0.05, 0) is 107 Å². The molecular formula is C51H79NO13. The first-order chi connectivity index (χ1) is 30.7. The van der Waals surface area contributed by atoms with Crippen LogP contribution in [0.3, 0.4) is 0 Å². The molecule has 366 valence electrons. The van der Waals surface area contributed by atoms with E-state index in [0.717, 1.165) is 12.0 Å². The third-order valence-electron chi connectivity index (χ3n) is 14.5. The summed E-state index contributed by atoms with van der Waals surface area (Å²) >= 11 is 0. The highest BCUT2D eigenvalue weighted by molar-refractivity contribution is 6.39. The Balaban J connectivity index is 1.70. The smallest absolute Gasteiger partial charge is 0.329 e. The van der Waals surface area contributed by atoms with Gasteiger partial charge in [-0.1, -0.05) is 71.1 Å². The average Bonchev–Trinajstić information content (AvgIpc) is 3.28. The number of esters is 1. The number of rotatable bonds is 6. The number of hydrogen-bond acceptors (Lipinski definition) is 13. The van der Waals surface area contributed by atoms with Crippen LogP contribution in [0.1, 0.15) is 126 Å². The highest BCUT2D eigenvalue weighted by atomic mass is 16.6. The number of cyclic esters (lactones) is 1. The van der Waals surface area contributed by atoms with Crippen LogP contribution in [0.15, 0.2) is 47.6 Å². The highest BCUT2D eigenvalue weighted by Crippen LogP contribution is 2.38. The Labute approximate surface area is 387 Å². The molecule has 4 aliphatic rings. The van der Waals surface area contributed by atoms with Gasteiger partial charge in [0.15, 0.2) is 5.78 Å². The number of carbonyl (C=O) groups is 5. The molecule has 3 fully saturated rings. The van der Waals surface area contributed by atoms with E-state index < -0.39 is 83.9 Å². The molecule has 0 aromatic carbocycles. The van der Waals surface area contributed by atoms with E-state index in [4.69, 9.17) is 23.7 Å². The van der Waals surface area contributed by atoms with E-state index in [1.54, 1.807) is 41.1 Å². The van der Waals surface area contributed by atoms with Crippen LogP contribution in [0.25, 0.3) is 0 Å². The summed E-state index contributed by atoms with van der Waals surface area (Å²) < 4.78 is 29.4. The predicted molar refractivity (Wildman–Crippen MR) is 245 cm³/mol. The number of amides is 1. The van der Waals surface area contributed by atoms with E-state index in [-0.39, 0.29) is 54.8 Å². The zero-order valence-corrected chi connectivity index (χ0v) is 40.6. The second-order valence-electron chi connectivity index (χ2n) is 19.6. The molecule has 15 atom stereocenters. The minimum Gasteiger partial charge on any atom is -0.460 e. The van der Waals surface area contributed by atoms with E-state index in [2.05, 4.69) is 0 Å². The molecular weight excluding hydrogens is 835 g/mol. The van der Waals surface area contributed by atoms with Crippen molar-refractivity contribution in [2.45, 2.75) is 180 Å². The Hall–Kier alpha value is -3.37. The zero-order chi connectivity index (χ0) is 48.2. The van der Waals surface area contributed by atoms with Gasteiger partial charge in [-0.15, -0.1) is 0 Å². The summed E-state index contributed by atoms with van der Waals surface area (Å²) in [5, 5.41) is 33.8. The molecule has 65 heavy (non-hydrogen) atoms.